The topological polar surface area (TPSA) is 84.0 Å². The molecule has 0 fully saturated rings. The van der Waals surface area contributed by atoms with E-state index in [1.54, 1.807) is 0 Å². The third kappa shape index (κ3) is 6.05. The smallest absolute Gasteiger partial charge is 0.347 e. The van der Waals surface area contributed by atoms with Crippen LogP contribution in [0.25, 0.3) is 0 Å². The highest BCUT2D eigenvalue weighted by molar-refractivity contribution is 6.09. The van der Waals surface area contributed by atoms with Crippen molar-refractivity contribution in [1.29, 1.82) is 0 Å². The Morgan fingerprint density at radius 2 is 1.26 bits per heavy atom. The quantitative estimate of drug-likeness (QED) is 0.506. The second kappa shape index (κ2) is 9.45. The molecular weight excluding hydrogens is 473 g/mol. The second-order valence-electron chi connectivity index (χ2n) is 6.81. The first kappa shape index (κ1) is 24.6. The van der Waals surface area contributed by atoms with Crippen LogP contribution >= 0.6 is 0 Å². The van der Waals surface area contributed by atoms with Gasteiger partial charge < -0.3 is 10.6 Å². The van der Waals surface area contributed by atoms with Gasteiger partial charge in [-0.1, -0.05) is 12.1 Å². The van der Waals surface area contributed by atoms with Gasteiger partial charge in [-0.05, 0) is 35.9 Å². The Kier molecular flexibility index (Phi) is 6.84. The zero-order chi connectivity index (χ0) is 25.1. The van der Waals surface area contributed by atoms with Crippen LogP contribution in [-0.4, -0.2) is 21.8 Å². The molecule has 0 bridgehead atoms. The molecular formula is C21H13F7N4O2. The molecule has 13 heteroatoms. The number of nitrogens with zero attached hydrogens (tertiary/aromatic N) is 2. The minimum Gasteiger partial charge on any atom is -0.347 e. The van der Waals surface area contributed by atoms with Crippen molar-refractivity contribution in [2.24, 2.45) is 0 Å². The average molecular weight is 486 g/mol. The summed E-state index contributed by atoms with van der Waals surface area (Å²) >= 11 is 0. The molecule has 0 saturated carbocycles. The number of nitrogens with one attached hydrogen (secondary N) is 2. The highest BCUT2D eigenvalue weighted by atomic mass is 19.4. The van der Waals surface area contributed by atoms with Crippen LogP contribution in [0.5, 0.6) is 0 Å². The number of carbonyl (C=O) groups is 2. The molecule has 1 heterocycles. The predicted molar refractivity (Wildman–Crippen MR) is 104 cm³/mol. The lowest BCUT2D eigenvalue weighted by molar-refractivity contribution is -0.143. The molecule has 0 atom stereocenters. The number of hydrogen-bond donors (Lipinski definition) is 2. The normalized spacial score (nSPS) is 11.7. The van der Waals surface area contributed by atoms with E-state index >= 15 is 0 Å². The standard InChI is InChI=1S/C21H13F7N4O2/c22-14-3-1-11(2-4-14)10-31-18(33)16-17(30-6-5-29-16)19(34)32-15-8-12(20(23,24)25)7-13(9-15)21(26,27)28/h1-9H,10H2,(H,31,33)(H,32,34). The van der Waals surface area contributed by atoms with E-state index in [-0.39, 0.29) is 12.6 Å². The molecule has 2 N–H and O–H groups in total. The van der Waals surface area contributed by atoms with Gasteiger partial charge in [0.05, 0.1) is 11.1 Å². The van der Waals surface area contributed by atoms with Gasteiger partial charge in [0, 0.05) is 24.6 Å². The fourth-order valence-corrected chi connectivity index (χ4v) is 2.76. The number of amides is 2. The largest absolute Gasteiger partial charge is 0.416 e. The summed E-state index contributed by atoms with van der Waals surface area (Å²) in [5.41, 5.74) is -4.72. The number of alkyl halides is 6. The van der Waals surface area contributed by atoms with Crippen LogP contribution in [0.1, 0.15) is 37.7 Å². The van der Waals surface area contributed by atoms with E-state index in [2.05, 4.69) is 15.3 Å². The molecule has 0 spiro atoms. The summed E-state index contributed by atoms with van der Waals surface area (Å²) in [6.07, 6.45) is -8.15. The maximum atomic E-state index is 13.0. The summed E-state index contributed by atoms with van der Waals surface area (Å²) in [4.78, 5) is 32.4. The fraction of sp³-hybridized carbons (Fsp3) is 0.143. The van der Waals surface area contributed by atoms with E-state index in [1.165, 1.54) is 12.1 Å². The Labute approximate surface area is 186 Å². The molecule has 6 nitrogen and oxygen atoms in total. The van der Waals surface area contributed by atoms with Crippen molar-refractivity contribution in [2.75, 3.05) is 5.32 Å². The predicted octanol–water partition coefficient (Wildman–Crippen LogP) is 4.84. The third-order valence-electron chi connectivity index (χ3n) is 4.34. The molecule has 0 saturated heterocycles. The van der Waals surface area contributed by atoms with Gasteiger partial charge in [0.2, 0.25) is 0 Å². The molecule has 2 aromatic carbocycles. The minimum atomic E-state index is -5.11. The summed E-state index contributed by atoms with van der Waals surface area (Å²) in [6, 6.07) is 5.65. The van der Waals surface area contributed by atoms with E-state index in [9.17, 15) is 40.3 Å². The van der Waals surface area contributed by atoms with Crippen molar-refractivity contribution in [3.8, 4) is 0 Å². The Balaban J connectivity index is 1.84. The number of hydrogen-bond acceptors (Lipinski definition) is 4. The molecule has 3 aromatic rings. The summed E-state index contributed by atoms with van der Waals surface area (Å²) in [6.45, 7) is -0.0840. The lowest BCUT2D eigenvalue weighted by Crippen LogP contribution is -2.28. The summed E-state index contributed by atoms with van der Waals surface area (Å²) in [7, 11) is 0. The van der Waals surface area contributed by atoms with Crippen LogP contribution < -0.4 is 10.6 Å². The van der Waals surface area contributed by atoms with Crippen molar-refractivity contribution in [3.05, 3.63) is 88.8 Å². The SMILES string of the molecule is O=C(NCc1ccc(F)cc1)c1nccnc1C(=O)Nc1cc(C(F)(F)F)cc(C(F)(F)F)c1. The van der Waals surface area contributed by atoms with E-state index < -0.39 is 58.2 Å². The van der Waals surface area contributed by atoms with Gasteiger partial charge in [-0.15, -0.1) is 0 Å². The first-order valence-electron chi connectivity index (χ1n) is 9.29. The second-order valence-corrected chi connectivity index (χ2v) is 6.81. The fourth-order valence-electron chi connectivity index (χ4n) is 2.76. The highest BCUT2D eigenvalue weighted by Gasteiger charge is 2.37. The van der Waals surface area contributed by atoms with Gasteiger partial charge in [0.25, 0.3) is 11.8 Å². The summed E-state index contributed by atoms with van der Waals surface area (Å²) in [5, 5.41) is 4.31. The molecule has 0 radical (unpaired) electrons. The van der Waals surface area contributed by atoms with E-state index in [1.807, 2.05) is 5.32 Å². The molecule has 0 aliphatic carbocycles. The van der Waals surface area contributed by atoms with Crippen LogP contribution in [0.3, 0.4) is 0 Å². The van der Waals surface area contributed by atoms with Gasteiger partial charge in [-0.3, -0.25) is 9.59 Å². The van der Waals surface area contributed by atoms with Gasteiger partial charge in [0.1, 0.15) is 5.82 Å². The van der Waals surface area contributed by atoms with Crippen molar-refractivity contribution >= 4 is 17.5 Å². The molecule has 3 rings (SSSR count). The lowest BCUT2D eigenvalue weighted by atomic mass is 10.1. The van der Waals surface area contributed by atoms with Crippen LogP contribution in [0.15, 0.2) is 54.9 Å². The molecule has 34 heavy (non-hydrogen) atoms. The number of halogens is 7. The van der Waals surface area contributed by atoms with Crippen LogP contribution in [0.4, 0.5) is 36.4 Å². The number of rotatable bonds is 5. The van der Waals surface area contributed by atoms with Crippen molar-refractivity contribution in [2.45, 2.75) is 18.9 Å². The summed E-state index contributed by atoms with van der Waals surface area (Å²) < 4.78 is 91.2. The Morgan fingerprint density at radius 1 is 0.765 bits per heavy atom. The van der Waals surface area contributed by atoms with Crippen LogP contribution in [0, 0.1) is 5.82 Å². The molecule has 0 aliphatic rings. The van der Waals surface area contributed by atoms with Crippen molar-refractivity contribution < 1.29 is 40.3 Å². The van der Waals surface area contributed by atoms with E-state index in [4.69, 9.17) is 0 Å². The summed E-state index contributed by atoms with van der Waals surface area (Å²) in [5.74, 6) is -2.65. The van der Waals surface area contributed by atoms with Gasteiger partial charge in [0.15, 0.2) is 11.4 Å². The minimum absolute atomic E-state index is 0.0840. The van der Waals surface area contributed by atoms with Crippen molar-refractivity contribution in [3.63, 3.8) is 0 Å². The van der Waals surface area contributed by atoms with Crippen LogP contribution in [-0.2, 0) is 18.9 Å². The maximum Gasteiger partial charge on any atom is 0.416 e. The van der Waals surface area contributed by atoms with E-state index in [0.29, 0.717) is 17.7 Å². The monoisotopic (exact) mass is 486 g/mol. The number of anilines is 1. The first-order chi connectivity index (χ1) is 15.8. The Morgan fingerprint density at radius 3 is 1.76 bits per heavy atom. The molecule has 0 aliphatic heterocycles. The number of benzene rings is 2. The maximum absolute atomic E-state index is 13.0. The molecule has 2 amide bonds. The molecule has 0 unspecified atom stereocenters. The van der Waals surface area contributed by atoms with E-state index in [0.717, 1.165) is 24.5 Å². The zero-order valence-electron chi connectivity index (χ0n) is 16.8. The molecule has 178 valence electrons. The third-order valence-corrected chi connectivity index (χ3v) is 4.34. The number of carbonyl (C=O) groups excluding carboxylic acids is 2. The molecule has 1 aromatic heterocycles. The number of aromatic nitrogens is 2. The van der Waals surface area contributed by atoms with Gasteiger partial charge in [-0.25, -0.2) is 14.4 Å². The van der Waals surface area contributed by atoms with Crippen molar-refractivity contribution in [1.82, 2.24) is 15.3 Å². The highest BCUT2D eigenvalue weighted by Crippen LogP contribution is 2.37. The zero-order valence-corrected chi connectivity index (χ0v) is 16.8. The first-order valence-corrected chi connectivity index (χ1v) is 9.29. The lowest BCUT2D eigenvalue weighted by Gasteiger charge is -2.15. The van der Waals surface area contributed by atoms with Crippen LogP contribution in [0.2, 0.25) is 0 Å². The Bertz CT molecular complexity index is 1180. The average Bonchev–Trinajstić information content (AvgIpc) is 2.77. The van der Waals surface area contributed by atoms with Gasteiger partial charge >= 0.3 is 12.4 Å². The van der Waals surface area contributed by atoms with Gasteiger partial charge in [-0.2, -0.15) is 26.3 Å². The Hall–Kier alpha value is -4.03.